The molecule has 1 aromatic carbocycles. The van der Waals surface area contributed by atoms with E-state index in [1.54, 1.807) is 12.1 Å². The van der Waals surface area contributed by atoms with Crippen molar-refractivity contribution in [2.24, 2.45) is 0 Å². The zero-order chi connectivity index (χ0) is 11.8. The van der Waals surface area contributed by atoms with Crippen LogP contribution in [0.1, 0.15) is 50.7 Å². The van der Waals surface area contributed by atoms with Gasteiger partial charge in [0.1, 0.15) is 6.10 Å². The minimum atomic E-state index is -0.942. The molecule has 0 heterocycles. The summed E-state index contributed by atoms with van der Waals surface area (Å²) in [4.78, 5) is 11.7. The van der Waals surface area contributed by atoms with Crippen LogP contribution in [0.3, 0.4) is 0 Å². The number of benzene rings is 1. The van der Waals surface area contributed by atoms with Crippen LogP contribution in [0, 0.1) is 0 Å². The highest BCUT2D eigenvalue weighted by Gasteiger charge is 2.15. The fourth-order valence-corrected chi connectivity index (χ4v) is 1.68. The summed E-state index contributed by atoms with van der Waals surface area (Å²) >= 11 is 0. The molecule has 0 spiro atoms. The summed E-state index contributed by atoms with van der Waals surface area (Å²) in [6, 6.07) is 9.12. The monoisotopic (exact) mass is 220 g/mol. The molecule has 0 saturated heterocycles. The standard InChI is InChI=1S/C14H20O2/c1-2-3-4-8-11-13(15)14(16)12-9-6-5-7-10-12/h5-7,9-10,14,16H,2-4,8,11H2,1H3. The number of unbranched alkanes of at least 4 members (excludes halogenated alkanes) is 3. The average Bonchev–Trinajstić information content (AvgIpc) is 2.34. The Morgan fingerprint density at radius 1 is 1.19 bits per heavy atom. The lowest BCUT2D eigenvalue weighted by atomic mass is 10.0. The van der Waals surface area contributed by atoms with E-state index < -0.39 is 6.10 Å². The van der Waals surface area contributed by atoms with Crippen molar-refractivity contribution in [1.82, 2.24) is 0 Å². The Bertz CT molecular complexity index is 306. The minimum absolute atomic E-state index is 0.0673. The average molecular weight is 220 g/mol. The van der Waals surface area contributed by atoms with Crippen LogP contribution in [0.5, 0.6) is 0 Å². The largest absolute Gasteiger partial charge is 0.381 e. The first kappa shape index (κ1) is 12.9. The third-order valence-corrected chi connectivity index (χ3v) is 2.70. The Labute approximate surface area is 97.3 Å². The number of ketones is 1. The van der Waals surface area contributed by atoms with Crippen LogP contribution in [0.2, 0.25) is 0 Å². The maximum atomic E-state index is 11.7. The molecule has 0 aliphatic carbocycles. The van der Waals surface area contributed by atoms with Gasteiger partial charge in [0.15, 0.2) is 5.78 Å². The summed E-state index contributed by atoms with van der Waals surface area (Å²) < 4.78 is 0. The van der Waals surface area contributed by atoms with Gasteiger partial charge in [0.25, 0.3) is 0 Å². The molecule has 1 aromatic rings. The van der Waals surface area contributed by atoms with Crippen molar-refractivity contribution >= 4 is 5.78 Å². The fourth-order valence-electron chi connectivity index (χ4n) is 1.68. The number of Topliss-reactive ketones (excluding diaryl/α,β-unsaturated/α-hetero) is 1. The maximum absolute atomic E-state index is 11.7. The first-order chi connectivity index (χ1) is 7.75. The molecule has 1 unspecified atom stereocenters. The highest BCUT2D eigenvalue weighted by Crippen LogP contribution is 2.16. The zero-order valence-corrected chi connectivity index (χ0v) is 9.86. The molecule has 0 bridgehead atoms. The maximum Gasteiger partial charge on any atom is 0.165 e. The second-order valence-corrected chi connectivity index (χ2v) is 4.09. The molecular weight excluding hydrogens is 200 g/mol. The number of aliphatic hydroxyl groups excluding tert-OH is 1. The predicted octanol–water partition coefficient (Wildman–Crippen LogP) is 3.26. The molecule has 1 atom stereocenters. The van der Waals surface area contributed by atoms with Gasteiger partial charge >= 0.3 is 0 Å². The van der Waals surface area contributed by atoms with Crippen molar-refractivity contribution in [2.75, 3.05) is 0 Å². The van der Waals surface area contributed by atoms with Crippen molar-refractivity contribution in [1.29, 1.82) is 0 Å². The number of carbonyl (C=O) groups excluding carboxylic acids is 1. The van der Waals surface area contributed by atoms with Crippen LogP contribution >= 0.6 is 0 Å². The quantitative estimate of drug-likeness (QED) is 0.716. The molecule has 0 aliphatic rings. The van der Waals surface area contributed by atoms with Crippen molar-refractivity contribution < 1.29 is 9.90 Å². The van der Waals surface area contributed by atoms with Crippen molar-refractivity contribution in [2.45, 2.75) is 45.1 Å². The lowest BCUT2D eigenvalue weighted by molar-refractivity contribution is -0.127. The molecule has 88 valence electrons. The molecule has 16 heavy (non-hydrogen) atoms. The number of hydrogen-bond acceptors (Lipinski definition) is 2. The van der Waals surface area contributed by atoms with Crippen LogP contribution in [-0.4, -0.2) is 10.9 Å². The van der Waals surface area contributed by atoms with Crippen LogP contribution < -0.4 is 0 Å². The third kappa shape index (κ3) is 4.15. The second kappa shape index (κ2) is 7.18. The van der Waals surface area contributed by atoms with Gasteiger partial charge in [-0.2, -0.15) is 0 Å². The Morgan fingerprint density at radius 2 is 1.88 bits per heavy atom. The number of hydrogen-bond donors (Lipinski definition) is 1. The number of carbonyl (C=O) groups is 1. The molecule has 0 aliphatic heterocycles. The molecule has 0 radical (unpaired) electrons. The fraction of sp³-hybridized carbons (Fsp3) is 0.500. The Morgan fingerprint density at radius 3 is 2.50 bits per heavy atom. The lowest BCUT2D eigenvalue weighted by Crippen LogP contribution is -2.11. The van der Waals surface area contributed by atoms with Crippen LogP contribution in [-0.2, 0) is 4.79 Å². The van der Waals surface area contributed by atoms with E-state index in [1.165, 1.54) is 0 Å². The van der Waals surface area contributed by atoms with Crippen molar-refractivity contribution in [3.8, 4) is 0 Å². The summed E-state index contributed by atoms with van der Waals surface area (Å²) in [5.74, 6) is -0.0673. The number of rotatable bonds is 7. The van der Waals surface area contributed by atoms with Crippen molar-refractivity contribution in [3.63, 3.8) is 0 Å². The summed E-state index contributed by atoms with van der Waals surface area (Å²) in [7, 11) is 0. The SMILES string of the molecule is CCCCCCC(=O)C(O)c1ccccc1. The molecule has 0 saturated carbocycles. The van der Waals surface area contributed by atoms with Gasteiger partial charge in [-0.25, -0.2) is 0 Å². The smallest absolute Gasteiger partial charge is 0.165 e. The van der Waals surface area contributed by atoms with Gasteiger partial charge in [0.2, 0.25) is 0 Å². The van der Waals surface area contributed by atoms with Gasteiger partial charge in [0, 0.05) is 6.42 Å². The van der Waals surface area contributed by atoms with E-state index in [1.807, 2.05) is 18.2 Å². The van der Waals surface area contributed by atoms with E-state index in [0.29, 0.717) is 12.0 Å². The molecular formula is C14H20O2. The molecule has 1 rings (SSSR count). The summed E-state index contributed by atoms with van der Waals surface area (Å²) in [6.07, 6.45) is 3.82. The Balaban J connectivity index is 2.37. The molecule has 0 amide bonds. The van der Waals surface area contributed by atoms with Crippen molar-refractivity contribution in [3.05, 3.63) is 35.9 Å². The molecule has 1 N–H and O–H groups in total. The number of aliphatic hydroxyl groups is 1. The molecule has 0 aromatic heterocycles. The molecule has 2 heteroatoms. The van der Waals surface area contributed by atoms with Gasteiger partial charge in [-0.1, -0.05) is 56.5 Å². The van der Waals surface area contributed by atoms with Gasteiger partial charge in [-0.3, -0.25) is 4.79 Å². The van der Waals surface area contributed by atoms with Crippen LogP contribution in [0.15, 0.2) is 30.3 Å². The predicted molar refractivity (Wildman–Crippen MR) is 65.2 cm³/mol. The highest BCUT2D eigenvalue weighted by molar-refractivity contribution is 5.84. The summed E-state index contributed by atoms with van der Waals surface area (Å²) in [6.45, 7) is 2.14. The first-order valence-electron chi connectivity index (χ1n) is 6.01. The lowest BCUT2D eigenvalue weighted by Gasteiger charge is -2.09. The second-order valence-electron chi connectivity index (χ2n) is 4.09. The van der Waals surface area contributed by atoms with Gasteiger partial charge in [-0.15, -0.1) is 0 Å². The Kier molecular flexibility index (Phi) is 5.79. The molecule has 0 fully saturated rings. The van der Waals surface area contributed by atoms with E-state index in [0.717, 1.165) is 25.7 Å². The zero-order valence-electron chi connectivity index (χ0n) is 9.86. The van der Waals surface area contributed by atoms with E-state index >= 15 is 0 Å². The normalized spacial score (nSPS) is 12.4. The van der Waals surface area contributed by atoms with E-state index in [2.05, 4.69) is 6.92 Å². The summed E-state index contributed by atoms with van der Waals surface area (Å²) in [5.41, 5.74) is 0.697. The van der Waals surface area contributed by atoms with Gasteiger partial charge < -0.3 is 5.11 Å². The minimum Gasteiger partial charge on any atom is -0.381 e. The van der Waals surface area contributed by atoms with E-state index in [4.69, 9.17) is 0 Å². The van der Waals surface area contributed by atoms with E-state index in [-0.39, 0.29) is 5.78 Å². The van der Waals surface area contributed by atoms with Crippen LogP contribution in [0.4, 0.5) is 0 Å². The summed E-state index contributed by atoms with van der Waals surface area (Å²) in [5, 5.41) is 9.80. The first-order valence-corrected chi connectivity index (χ1v) is 6.01. The van der Waals surface area contributed by atoms with Crippen LogP contribution in [0.25, 0.3) is 0 Å². The highest BCUT2D eigenvalue weighted by atomic mass is 16.3. The Hall–Kier alpha value is -1.15. The topological polar surface area (TPSA) is 37.3 Å². The molecule has 2 nitrogen and oxygen atoms in total. The third-order valence-electron chi connectivity index (χ3n) is 2.70. The van der Waals surface area contributed by atoms with E-state index in [9.17, 15) is 9.90 Å². The van der Waals surface area contributed by atoms with Gasteiger partial charge in [0.05, 0.1) is 0 Å². The van der Waals surface area contributed by atoms with Gasteiger partial charge in [-0.05, 0) is 12.0 Å².